The van der Waals surface area contributed by atoms with E-state index in [9.17, 15) is 14.7 Å². The van der Waals surface area contributed by atoms with E-state index in [0.717, 1.165) is 29.8 Å². The normalized spacial score (nSPS) is 20.0. The molecule has 2 N–H and O–H groups in total. The van der Waals surface area contributed by atoms with Crippen LogP contribution in [0.2, 0.25) is 0 Å². The van der Waals surface area contributed by atoms with Crippen LogP contribution >= 0.6 is 0 Å². The van der Waals surface area contributed by atoms with Crippen LogP contribution in [-0.2, 0) is 4.79 Å². The van der Waals surface area contributed by atoms with E-state index < -0.39 is 0 Å². The molecule has 3 aromatic carbocycles. The number of nitrogens with zero attached hydrogens (tertiary/aromatic N) is 1. The van der Waals surface area contributed by atoms with Gasteiger partial charge in [0.15, 0.2) is 5.78 Å². The van der Waals surface area contributed by atoms with Gasteiger partial charge in [0.1, 0.15) is 11.5 Å². The molecule has 5 heteroatoms. The fourth-order valence-electron chi connectivity index (χ4n) is 4.45. The summed E-state index contributed by atoms with van der Waals surface area (Å²) in [4.78, 5) is 30.7. The number of hydrogen-bond donors (Lipinski definition) is 2. The number of nitrogens with one attached hydrogen (secondary N) is 1. The van der Waals surface area contributed by atoms with E-state index in [0.29, 0.717) is 23.2 Å². The van der Waals surface area contributed by atoms with Crippen molar-refractivity contribution in [2.45, 2.75) is 25.3 Å². The van der Waals surface area contributed by atoms with Crippen molar-refractivity contribution in [2.24, 2.45) is 10.9 Å². The summed E-state index contributed by atoms with van der Waals surface area (Å²) in [6.07, 6.45) is 2.07. The quantitative estimate of drug-likeness (QED) is 0.580. The van der Waals surface area contributed by atoms with Crippen LogP contribution in [-0.4, -0.2) is 22.4 Å². The molecule has 0 amide bonds. The van der Waals surface area contributed by atoms with Gasteiger partial charge in [-0.3, -0.25) is 14.6 Å². The van der Waals surface area contributed by atoms with Crippen LogP contribution in [0.3, 0.4) is 0 Å². The number of anilines is 1. The van der Waals surface area contributed by atoms with Gasteiger partial charge in [-0.1, -0.05) is 42.5 Å². The van der Waals surface area contributed by atoms with E-state index >= 15 is 0 Å². The van der Waals surface area contributed by atoms with E-state index in [1.54, 1.807) is 36.4 Å². The standard InChI is InChI=1S/C26H22N2O3/c29-19-12-9-16(10-13-19)25-24-21(7-4-8-23(24)30)27-22-15-18(11-14-20(22)28-25)26(31)17-5-2-1-3-6-17/h1-3,5-6,9-15,24-25,28-29H,4,7-8H2. The molecular weight excluding hydrogens is 388 g/mol. The minimum absolute atomic E-state index is 0.0563. The molecule has 1 fully saturated rings. The molecule has 5 rings (SSSR count). The Morgan fingerprint density at radius 1 is 0.935 bits per heavy atom. The number of carbonyl (C=O) groups excluding carboxylic acids is 2. The first-order valence-corrected chi connectivity index (χ1v) is 10.5. The van der Waals surface area contributed by atoms with Crippen LogP contribution in [0.15, 0.2) is 77.8 Å². The molecule has 31 heavy (non-hydrogen) atoms. The van der Waals surface area contributed by atoms with Gasteiger partial charge in [-0.25, -0.2) is 0 Å². The molecule has 0 saturated heterocycles. The number of Topliss-reactive ketones (excluding diaryl/α,β-unsaturated/α-hetero) is 1. The van der Waals surface area contributed by atoms with Gasteiger partial charge in [0.25, 0.3) is 0 Å². The number of ketones is 2. The van der Waals surface area contributed by atoms with Gasteiger partial charge >= 0.3 is 0 Å². The van der Waals surface area contributed by atoms with E-state index in [1.165, 1.54) is 0 Å². The minimum atomic E-state index is -0.362. The minimum Gasteiger partial charge on any atom is -0.508 e. The predicted octanol–water partition coefficient (Wildman–Crippen LogP) is 5.23. The van der Waals surface area contributed by atoms with Crippen LogP contribution in [0.1, 0.15) is 46.8 Å². The van der Waals surface area contributed by atoms with Crippen molar-refractivity contribution in [3.8, 4) is 5.75 Å². The van der Waals surface area contributed by atoms with Gasteiger partial charge in [-0.2, -0.15) is 0 Å². The summed E-state index contributed by atoms with van der Waals surface area (Å²) in [6.45, 7) is 0. The maximum atomic E-state index is 12.9. The Kier molecular flexibility index (Phi) is 4.86. The number of carbonyl (C=O) groups is 2. The van der Waals surface area contributed by atoms with Crippen LogP contribution in [0.4, 0.5) is 11.4 Å². The van der Waals surface area contributed by atoms with E-state index in [-0.39, 0.29) is 29.3 Å². The Hall–Kier alpha value is -3.73. The predicted molar refractivity (Wildman–Crippen MR) is 120 cm³/mol. The second-order valence-electron chi connectivity index (χ2n) is 8.04. The summed E-state index contributed by atoms with van der Waals surface area (Å²) in [5.74, 6) is -0.0622. The lowest BCUT2D eigenvalue weighted by molar-refractivity contribution is -0.122. The van der Waals surface area contributed by atoms with Crippen molar-refractivity contribution in [2.75, 3.05) is 5.32 Å². The number of phenols is 1. The summed E-state index contributed by atoms with van der Waals surface area (Å²) in [6, 6.07) is 21.3. The lowest BCUT2D eigenvalue weighted by Crippen LogP contribution is -2.36. The fraction of sp³-hybridized carbons (Fsp3) is 0.192. The number of phenolic OH excluding ortho intramolecular Hbond substituents is 1. The van der Waals surface area contributed by atoms with E-state index in [1.807, 2.05) is 36.4 Å². The first-order valence-electron chi connectivity index (χ1n) is 10.5. The molecule has 0 aromatic heterocycles. The highest BCUT2D eigenvalue weighted by molar-refractivity contribution is 6.12. The van der Waals surface area contributed by atoms with Crippen molar-refractivity contribution in [3.05, 3.63) is 89.5 Å². The average molecular weight is 410 g/mol. The maximum Gasteiger partial charge on any atom is 0.193 e. The van der Waals surface area contributed by atoms with E-state index in [2.05, 4.69) is 5.32 Å². The Morgan fingerprint density at radius 3 is 2.48 bits per heavy atom. The molecular formula is C26H22N2O3. The molecule has 154 valence electrons. The first kappa shape index (κ1) is 19.2. The molecule has 3 aromatic rings. The lowest BCUT2D eigenvalue weighted by Gasteiger charge is -2.30. The van der Waals surface area contributed by atoms with Gasteiger partial charge in [-0.05, 0) is 48.7 Å². The smallest absolute Gasteiger partial charge is 0.193 e. The molecule has 1 aliphatic carbocycles. The summed E-state index contributed by atoms with van der Waals surface area (Å²) >= 11 is 0. The number of fused-ring (bicyclic) bond motifs is 2. The Labute approximate surface area is 180 Å². The molecule has 2 atom stereocenters. The Balaban J connectivity index is 1.58. The van der Waals surface area contributed by atoms with Crippen molar-refractivity contribution in [1.29, 1.82) is 0 Å². The highest BCUT2D eigenvalue weighted by Gasteiger charge is 2.38. The summed E-state index contributed by atoms with van der Waals surface area (Å²) < 4.78 is 0. The zero-order valence-electron chi connectivity index (χ0n) is 16.9. The molecule has 2 aliphatic rings. The van der Waals surface area contributed by atoms with Crippen molar-refractivity contribution in [3.63, 3.8) is 0 Å². The monoisotopic (exact) mass is 410 g/mol. The SMILES string of the molecule is O=C(c1ccccc1)c1ccc2c(c1)N=C1CCCC(=O)C1C(c1ccc(O)cc1)N2. The molecule has 1 heterocycles. The molecule has 0 bridgehead atoms. The molecule has 0 spiro atoms. The highest BCUT2D eigenvalue weighted by Crippen LogP contribution is 2.41. The number of aromatic hydroxyl groups is 1. The lowest BCUT2D eigenvalue weighted by atomic mass is 9.78. The van der Waals surface area contributed by atoms with Crippen LogP contribution in [0.5, 0.6) is 5.75 Å². The first-order chi connectivity index (χ1) is 15.1. The number of aliphatic imine (C=N–C) groups is 1. The molecule has 1 aliphatic heterocycles. The van der Waals surface area contributed by atoms with Gasteiger partial charge in [-0.15, -0.1) is 0 Å². The van der Waals surface area contributed by atoms with Crippen molar-refractivity contribution in [1.82, 2.24) is 0 Å². The van der Waals surface area contributed by atoms with Gasteiger partial charge in [0, 0.05) is 23.3 Å². The summed E-state index contributed by atoms with van der Waals surface area (Å²) in [5, 5.41) is 13.2. The fourth-order valence-corrected chi connectivity index (χ4v) is 4.45. The zero-order chi connectivity index (χ0) is 21.4. The number of rotatable bonds is 3. The van der Waals surface area contributed by atoms with Crippen molar-refractivity contribution < 1.29 is 14.7 Å². The van der Waals surface area contributed by atoms with Gasteiger partial charge in [0.05, 0.1) is 23.3 Å². The third kappa shape index (κ3) is 3.63. The topological polar surface area (TPSA) is 78.8 Å². The van der Waals surface area contributed by atoms with Crippen LogP contribution < -0.4 is 5.32 Å². The highest BCUT2D eigenvalue weighted by atomic mass is 16.3. The van der Waals surface area contributed by atoms with Gasteiger partial charge < -0.3 is 10.4 Å². The second kappa shape index (κ2) is 7.84. The summed E-state index contributed by atoms with van der Waals surface area (Å²) in [7, 11) is 0. The average Bonchev–Trinajstić information content (AvgIpc) is 2.96. The number of hydrogen-bond acceptors (Lipinski definition) is 5. The van der Waals surface area contributed by atoms with Crippen LogP contribution in [0.25, 0.3) is 0 Å². The molecule has 2 unspecified atom stereocenters. The third-order valence-electron chi connectivity index (χ3n) is 6.02. The third-order valence-corrected chi connectivity index (χ3v) is 6.02. The molecule has 0 radical (unpaired) electrons. The van der Waals surface area contributed by atoms with Crippen molar-refractivity contribution >= 4 is 28.7 Å². The van der Waals surface area contributed by atoms with Crippen LogP contribution in [0, 0.1) is 5.92 Å². The Morgan fingerprint density at radius 2 is 1.71 bits per heavy atom. The second-order valence-corrected chi connectivity index (χ2v) is 8.04. The number of benzene rings is 3. The van der Waals surface area contributed by atoms with Gasteiger partial charge in [0.2, 0.25) is 0 Å². The summed E-state index contributed by atoms with van der Waals surface area (Å²) in [5.41, 5.74) is 4.44. The molecule has 5 nitrogen and oxygen atoms in total. The van der Waals surface area contributed by atoms with E-state index in [4.69, 9.17) is 4.99 Å². The zero-order valence-corrected chi connectivity index (χ0v) is 16.9. The molecule has 1 saturated carbocycles. The Bertz CT molecular complexity index is 1180. The maximum absolute atomic E-state index is 12.9. The largest absolute Gasteiger partial charge is 0.508 e.